The van der Waals surface area contributed by atoms with E-state index in [1.807, 2.05) is 84.9 Å². The first-order chi connectivity index (χ1) is 28.5. The Bertz CT molecular complexity index is 2600. The predicted molar refractivity (Wildman–Crippen MR) is 214 cm³/mol. The van der Waals surface area contributed by atoms with Crippen LogP contribution in [0, 0.1) is 6.92 Å². The van der Waals surface area contributed by atoms with E-state index in [2.05, 4.69) is 19.9 Å². The second-order valence-corrected chi connectivity index (χ2v) is 16.2. The Morgan fingerprint density at radius 1 is 0.881 bits per heavy atom. The molecule has 2 aliphatic heterocycles. The highest BCUT2D eigenvalue weighted by molar-refractivity contribution is 7.86. The highest BCUT2D eigenvalue weighted by atomic mass is 32.2. The van der Waals surface area contributed by atoms with Crippen LogP contribution in [-0.4, -0.2) is 86.5 Å². The molecule has 3 aromatic carbocycles. The van der Waals surface area contributed by atoms with Crippen molar-refractivity contribution < 1.29 is 36.7 Å². The number of benzene rings is 3. The van der Waals surface area contributed by atoms with Crippen molar-refractivity contribution in [3.63, 3.8) is 0 Å². The molecular formula is C41H43N7O10S. The molecule has 6 aromatic rings. The standard InChI is InChI=1S/C41H43N7O10S/c1-25-21-47(40(51)46-39(25)50)34-19-30(49)31(56-34)17-18-59(52,53)58-32-20-35(48-24-45-36-37(42)43-23-44-38(36)48)57-33(32)22-55-41(26-9-5-3-6-10-26,27-11-7-4-8-12-27)28-13-15-29(54-2)16-14-28/h3-16,21,23-24,30-35,49H,17-20,22H2,1-2H3,(H2,42,43,44)(H,46,50,51)/t30-,31+,32-,33+,34+,35+/m0/s1. The van der Waals surface area contributed by atoms with Crippen LogP contribution >= 0.6 is 0 Å². The SMILES string of the molecule is COc1ccc(C(OC[C@H]2O[C@@H](n3cnc4c(N)ncnc43)C[C@@H]2OS(=O)(=O)CC[C@H]2O[C@@H](n3cc(C)c(=O)[nH]c3=O)C[C@@H]2O)(c2ccccc2)c2ccccc2)cc1. The van der Waals surface area contributed by atoms with Crippen molar-refractivity contribution in [2.45, 2.75) is 68.7 Å². The van der Waals surface area contributed by atoms with Crippen LogP contribution in [0.3, 0.4) is 0 Å². The lowest BCUT2D eigenvalue weighted by molar-refractivity contribution is -0.0897. The van der Waals surface area contributed by atoms with Gasteiger partial charge >= 0.3 is 5.69 Å². The lowest BCUT2D eigenvalue weighted by atomic mass is 9.80. The van der Waals surface area contributed by atoms with E-state index in [1.165, 1.54) is 30.3 Å². The minimum Gasteiger partial charge on any atom is -0.497 e. The highest BCUT2D eigenvalue weighted by Gasteiger charge is 2.45. The van der Waals surface area contributed by atoms with Crippen molar-refractivity contribution in [1.29, 1.82) is 0 Å². The monoisotopic (exact) mass is 825 g/mol. The lowest BCUT2D eigenvalue weighted by Gasteiger charge is -2.37. The summed E-state index contributed by atoms with van der Waals surface area (Å²) in [4.78, 5) is 39.4. The maximum atomic E-state index is 13.8. The van der Waals surface area contributed by atoms with Crippen molar-refractivity contribution in [3.8, 4) is 5.75 Å². The fraction of sp³-hybridized carbons (Fsp3) is 0.341. The molecule has 18 heteroatoms. The number of aryl methyl sites for hydroxylation is 1. The van der Waals surface area contributed by atoms with Gasteiger partial charge in [0.05, 0.1) is 38.0 Å². The van der Waals surface area contributed by atoms with Gasteiger partial charge in [0.1, 0.15) is 47.9 Å². The van der Waals surface area contributed by atoms with E-state index < -0.39 is 69.6 Å². The first-order valence-corrected chi connectivity index (χ1v) is 20.6. The summed E-state index contributed by atoms with van der Waals surface area (Å²) >= 11 is 0. The number of aromatic amines is 1. The third-order valence-electron chi connectivity index (χ3n) is 10.8. The number of rotatable bonds is 14. The van der Waals surface area contributed by atoms with E-state index in [0.29, 0.717) is 16.9 Å². The van der Waals surface area contributed by atoms with Crippen LogP contribution in [0.1, 0.15) is 54.0 Å². The molecule has 0 spiro atoms. The molecule has 0 radical (unpaired) electrons. The van der Waals surface area contributed by atoms with Crippen molar-refractivity contribution in [2.75, 3.05) is 25.2 Å². The fourth-order valence-corrected chi connectivity index (χ4v) is 8.97. The zero-order valence-electron chi connectivity index (χ0n) is 32.2. The number of ether oxygens (including phenoxy) is 4. The third kappa shape index (κ3) is 8.02. The second kappa shape index (κ2) is 16.5. The molecule has 5 heterocycles. The summed E-state index contributed by atoms with van der Waals surface area (Å²) in [5.74, 6) is 0.320. The molecule has 0 aliphatic carbocycles. The van der Waals surface area contributed by atoms with E-state index >= 15 is 0 Å². The topological polar surface area (TPSA) is 225 Å². The summed E-state index contributed by atoms with van der Waals surface area (Å²) in [5.41, 5.74) is 7.12. The van der Waals surface area contributed by atoms with Gasteiger partial charge in [-0.25, -0.2) is 19.7 Å². The van der Waals surface area contributed by atoms with Gasteiger partial charge in [-0.05, 0) is 42.2 Å². The van der Waals surface area contributed by atoms with Crippen LogP contribution in [0.25, 0.3) is 11.2 Å². The number of fused-ring (bicyclic) bond motifs is 1. The van der Waals surface area contributed by atoms with Crippen LogP contribution in [0.2, 0.25) is 0 Å². The van der Waals surface area contributed by atoms with Crippen molar-refractivity contribution in [2.24, 2.45) is 0 Å². The Morgan fingerprint density at radius 3 is 2.20 bits per heavy atom. The normalized spacial score (nSPS) is 22.2. The summed E-state index contributed by atoms with van der Waals surface area (Å²) in [6.07, 6.45) is -1.59. The van der Waals surface area contributed by atoms with E-state index in [9.17, 15) is 23.1 Å². The van der Waals surface area contributed by atoms with Crippen LogP contribution in [-0.2, 0) is 34.1 Å². The molecule has 6 atom stereocenters. The number of methoxy groups -OCH3 is 1. The molecule has 0 saturated carbocycles. The minimum atomic E-state index is -4.30. The Hall–Kier alpha value is -5.76. The molecule has 2 aliphatic rings. The van der Waals surface area contributed by atoms with Gasteiger partial charge in [-0.3, -0.25) is 23.1 Å². The fourth-order valence-electron chi connectivity index (χ4n) is 7.77. The third-order valence-corrected chi connectivity index (χ3v) is 12.1. The van der Waals surface area contributed by atoms with E-state index in [0.717, 1.165) is 16.7 Å². The van der Waals surface area contributed by atoms with Gasteiger partial charge in [-0.15, -0.1) is 0 Å². The van der Waals surface area contributed by atoms with Gasteiger partial charge < -0.3 is 29.8 Å². The Kier molecular flexibility index (Phi) is 11.2. The summed E-state index contributed by atoms with van der Waals surface area (Å²) in [7, 11) is -2.70. The van der Waals surface area contributed by atoms with Gasteiger partial charge in [-0.2, -0.15) is 8.42 Å². The van der Waals surface area contributed by atoms with Crippen LogP contribution in [0.5, 0.6) is 5.75 Å². The number of hydrogen-bond acceptors (Lipinski definition) is 14. The summed E-state index contributed by atoms with van der Waals surface area (Å²) < 4.78 is 61.6. The average molecular weight is 826 g/mol. The van der Waals surface area contributed by atoms with Crippen LogP contribution in [0.15, 0.2) is 113 Å². The molecular weight excluding hydrogens is 783 g/mol. The number of aliphatic hydroxyl groups excluding tert-OH is 1. The molecule has 0 bridgehead atoms. The first-order valence-electron chi connectivity index (χ1n) is 19.0. The zero-order valence-corrected chi connectivity index (χ0v) is 33.0. The van der Waals surface area contributed by atoms with Gasteiger partial charge in [0.25, 0.3) is 15.7 Å². The number of nitrogens with two attached hydrogens (primary N) is 1. The van der Waals surface area contributed by atoms with E-state index in [1.54, 1.807) is 11.7 Å². The maximum absolute atomic E-state index is 13.8. The van der Waals surface area contributed by atoms with E-state index in [-0.39, 0.29) is 37.3 Å². The molecule has 4 N–H and O–H groups in total. The molecule has 0 amide bonds. The number of aliphatic hydroxyl groups is 1. The molecule has 3 aromatic heterocycles. The van der Waals surface area contributed by atoms with Gasteiger partial charge in [0.2, 0.25) is 0 Å². The number of anilines is 1. The van der Waals surface area contributed by atoms with Crippen LogP contribution in [0.4, 0.5) is 5.82 Å². The van der Waals surface area contributed by atoms with E-state index in [4.69, 9.17) is 28.9 Å². The summed E-state index contributed by atoms with van der Waals surface area (Å²) in [5, 5.41) is 10.8. The summed E-state index contributed by atoms with van der Waals surface area (Å²) in [6.45, 7) is 1.41. The van der Waals surface area contributed by atoms with Crippen LogP contribution < -0.4 is 21.7 Å². The number of hydrogen-bond donors (Lipinski definition) is 3. The Morgan fingerprint density at radius 2 is 1.53 bits per heavy atom. The first kappa shape index (κ1) is 40.0. The predicted octanol–water partition coefficient (Wildman–Crippen LogP) is 3.33. The molecule has 0 unspecified atom stereocenters. The molecule has 2 fully saturated rings. The highest BCUT2D eigenvalue weighted by Crippen LogP contribution is 2.43. The smallest absolute Gasteiger partial charge is 0.330 e. The molecule has 59 heavy (non-hydrogen) atoms. The molecule has 2 saturated heterocycles. The van der Waals surface area contributed by atoms with Gasteiger partial charge in [0.15, 0.2) is 11.5 Å². The number of H-pyrrole nitrogens is 1. The number of aromatic nitrogens is 6. The number of imidazole rings is 1. The minimum absolute atomic E-state index is 0.0141. The number of nitrogen functional groups attached to an aromatic ring is 1. The second-order valence-electron chi connectivity index (χ2n) is 14.5. The average Bonchev–Trinajstić information content (AvgIpc) is 3.96. The quantitative estimate of drug-likeness (QED) is 0.106. The lowest BCUT2D eigenvalue weighted by Crippen LogP contribution is -2.39. The molecule has 17 nitrogen and oxygen atoms in total. The molecule has 8 rings (SSSR count). The zero-order chi connectivity index (χ0) is 41.3. The summed E-state index contributed by atoms with van der Waals surface area (Å²) in [6, 6.07) is 26.9. The van der Waals surface area contributed by atoms with Crippen molar-refractivity contribution in [1.82, 2.24) is 29.1 Å². The maximum Gasteiger partial charge on any atom is 0.330 e. The number of nitrogens with one attached hydrogen (secondary N) is 1. The largest absolute Gasteiger partial charge is 0.497 e. The van der Waals surface area contributed by atoms with Crippen molar-refractivity contribution >= 4 is 27.1 Å². The molecule has 308 valence electrons. The number of nitrogens with zero attached hydrogens (tertiary/aromatic N) is 5. The van der Waals surface area contributed by atoms with Crippen molar-refractivity contribution in [3.05, 3.63) is 147 Å². The Labute approximate surface area is 338 Å². The van der Waals surface area contributed by atoms with Gasteiger partial charge in [-0.1, -0.05) is 72.8 Å². The van der Waals surface area contributed by atoms with Gasteiger partial charge in [0, 0.05) is 24.6 Å². The Balaban J connectivity index is 1.08.